The largest absolute Gasteiger partial charge is 0.302 e. The smallest absolute Gasteiger partial charge is 0.0613 e. The molecule has 0 radical (unpaired) electrons. The van der Waals surface area contributed by atoms with Crippen molar-refractivity contribution in [3.63, 3.8) is 0 Å². The van der Waals surface area contributed by atoms with Crippen LogP contribution in [-0.4, -0.2) is 5.54 Å². The van der Waals surface area contributed by atoms with E-state index < -0.39 is 0 Å². The minimum atomic E-state index is 0.0401. The van der Waals surface area contributed by atoms with Gasteiger partial charge in [-0.2, -0.15) is 0 Å². The topological polar surface area (TPSA) is 3.24 Å². The van der Waals surface area contributed by atoms with E-state index in [0.29, 0.717) is 0 Å². The quantitative estimate of drug-likeness (QED) is 0.572. The molecule has 1 aliphatic rings. The molecule has 2 rings (SSSR count). The number of hydrogen-bond acceptors (Lipinski definition) is 1. The Labute approximate surface area is 106 Å². The summed E-state index contributed by atoms with van der Waals surface area (Å²) in [4.78, 5) is 0. The summed E-state index contributed by atoms with van der Waals surface area (Å²) in [5.74, 6) is 0. The Morgan fingerprint density at radius 1 is 1.31 bits per heavy atom. The maximum Gasteiger partial charge on any atom is 0.0613 e. The molecular weight excluding hydrogens is 262 g/mol. The molecule has 0 saturated heterocycles. The number of para-hydroxylation sites is 1. The van der Waals surface area contributed by atoms with Crippen LogP contribution in [0, 0.1) is 0 Å². The summed E-state index contributed by atoms with van der Waals surface area (Å²) in [6.07, 6.45) is 2.96. The lowest BCUT2D eigenvalue weighted by atomic mass is 9.70. The second kappa shape index (κ2) is 3.63. The Morgan fingerprint density at radius 2 is 1.94 bits per heavy atom. The first-order chi connectivity index (χ1) is 7.45. The number of nitrogens with zero attached hydrogens (tertiary/aromatic N) is 1. The van der Waals surface area contributed by atoms with E-state index in [1.54, 1.807) is 0 Å². The number of fused-ring (bicyclic) bond motifs is 1. The van der Waals surface area contributed by atoms with E-state index in [-0.39, 0.29) is 11.0 Å². The van der Waals surface area contributed by atoms with Gasteiger partial charge in [-0.3, -0.25) is 0 Å². The molecule has 0 aliphatic carbocycles. The first kappa shape index (κ1) is 11.7. The van der Waals surface area contributed by atoms with Gasteiger partial charge < -0.3 is 3.93 Å². The van der Waals surface area contributed by atoms with Crippen LogP contribution in [0.2, 0.25) is 0 Å². The van der Waals surface area contributed by atoms with Crippen LogP contribution in [0.5, 0.6) is 0 Å². The van der Waals surface area contributed by atoms with E-state index in [2.05, 4.69) is 71.7 Å². The summed E-state index contributed by atoms with van der Waals surface area (Å²) in [5, 5.41) is 0. The average molecular weight is 280 g/mol. The molecule has 1 aromatic rings. The van der Waals surface area contributed by atoms with Gasteiger partial charge in [0, 0.05) is 5.41 Å². The monoisotopic (exact) mass is 279 g/mol. The van der Waals surface area contributed by atoms with Gasteiger partial charge in [0.05, 0.1) is 27.4 Å². The Hall–Kier alpha value is -0.760. The highest BCUT2D eigenvalue weighted by molar-refractivity contribution is 9.10. The van der Waals surface area contributed by atoms with Gasteiger partial charge in [0.15, 0.2) is 0 Å². The Kier molecular flexibility index (Phi) is 2.66. The molecule has 1 nitrogen and oxygen atoms in total. The molecule has 86 valence electrons. The van der Waals surface area contributed by atoms with E-state index in [9.17, 15) is 0 Å². The molecule has 16 heavy (non-hydrogen) atoms. The van der Waals surface area contributed by atoms with E-state index in [1.165, 1.54) is 11.3 Å². The molecule has 1 heterocycles. The van der Waals surface area contributed by atoms with Gasteiger partial charge in [0.25, 0.3) is 0 Å². The molecule has 1 unspecified atom stereocenters. The highest BCUT2D eigenvalue weighted by Crippen LogP contribution is 2.54. The zero-order valence-electron chi connectivity index (χ0n) is 10.1. The zero-order valence-corrected chi connectivity index (χ0v) is 11.7. The SMILES string of the molecule is C=CCC1(C)N(Br)c2ccccc2C1(C)C. The third-order valence-corrected chi connectivity index (χ3v) is 5.28. The van der Waals surface area contributed by atoms with Gasteiger partial charge in [0.2, 0.25) is 0 Å². The minimum Gasteiger partial charge on any atom is -0.302 e. The standard InChI is InChI=1S/C14H18BrN/c1-5-10-14(4)13(2,3)11-8-6-7-9-12(11)16(14)15/h5-9H,1,10H2,2-4H3. The third-order valence-electron chi connectivity index (χ3n) is 4.11. The highest BCUT2D eigenvalue weighted by atomic mass is 79.9. The van der Waals surface area contributed by atoms with Crippen LogP contribution in [0.25, 0.3) is 0 Å². The van der Waals surface area contributed by atoms with Crippen LogP contribution >= 0.6 is 16.1 Å². The molecular formula is C14H18BrN. The fourth-order valence-electron chi connectivity index (χ4n) is 2.59. The number of benzene rings is 1. The van der Waals surface area contributed by atoms with Gasteiger partial charge in [0.1, 0.15) is 0 Å². The predicted octanol–water partition coefficient (Wildman–Crippen LogP) is 4.43. The fraction of sp³-hybridized carbons (Fsp3) is 0.429. The molecule has 0 N–H and O–H groups in total. The molecule has 1 atom stereocenters. The molecule has 0 fully saturated rings. The van der Waals surface area contributed by atoms with Crippen molar-refractivity contribution in [2.75, 3.05) is 3.93 Å². The van der Waals surface area contributed by atoms with E-state index in [4.69, 9.17) is 0 Å². The molecule has 0 bridgehead atoms. The van der Waals surface area contributed by atoms with Crippen LogP contribution in [0.3, 0.4) is 0 Å². The van der Waals surface area contributed by atoms with Crippen LogP contribution in [0.4, 0.5) is 5.69 Å². The van der Waals surface area contributed by atoms with E-state index >= 15 is 0 Å². The van der Waals surface area contributed by atoms with Crippen molar-refractivity contribution in [2.45, 2.75) is 38.1 Å². The van der Waals surface area contributed by atoms with Gasteiger partial charge in [-0.15, -0.1) is 6.58 Å². The molecule has 2 heteroatoms. The highest BCUT2D eigenvalue weighted by Gasteiger charge is 2.52. The van der Waals surface area contributed by atoms with Gasteiger partial charge >= 0.3 is 0 Å². The molecule has 1 aromatic carbocycles. The van der Waals surface area contributed by atoms with Crippen molar-refractivity contribution in [2.24, 2.45) is 0 Å². The van der Waals surface area contributed by atoms with Gasteiger partial charge in [-0.05, 0) is 25.0 Å². The normalized spacial score (nSPS) is 26.6. The second-order valence-electron chi connectivity index (χ2n) is 5.19. The lowest BCUT2D eigenvalue weighted by molar-refractivity contribution is 0.317. The van der Waals surface area contributed by atoms with Crippen molar-refractivity contribution in [1.29, 1.82) is 0 Å². The van der Waals surface area contributed by atoms with Crippen LogP contribution in [0.15, 0.2) is 36.9 Å². The van der Waals surface area contributed by atoms with Crippen molar-refractivity contribution >= 4 is 21.8 Å². The van der Waals surface area contributed by atoms with E-state index in [1.807, 2.05) is 6.08 Å². The summed E-state index contributed by atoms with van der Waals surface area (Å²) >= 11 is 3.72. The van der Waals surface area contributed by atoms with E-state index in [0.717, 1.165) is 6.42 Å². The maximum atomic E-state index is 3.88. The summed E-state index contributed by atoms with van der Waals surface area (Å²) < 4.78 is 2.22. The van der Waals surface area contributed by atoms with Crippen molar-refractivity contribution in [1.82, 2.24) is 0 Å². The summed E-state index contributed by atoms with van der Waals surface area (Å²) in [5.41, 5.74) is 2.83. The van der Waals surface area contributed by atoms with Crippen LogP contribution in [-0.2, 0) is 5.41 Å². The summed E-state index contributed by atoms with van der Waals surface area (Å²) in [7, 11) is 0. The lowest BCUT2D eigenvalue weighted by Crippen LogP contribution is -2.49. The molecule has 1 aliphatic heterocycles. The minimum absolute atomic E-state index is 0.0401. The Bertz CT molecular complexity index is 424. The Morgan fingerprint density at radius 3 is 2.50 bits per heavy atom. The summed E-state index contributed by atoms with van der Waals surface area (Å²) in [6.45, 7) is 10.8. The molecule has 0 amide bonds. The van der Waals surface area contributed by atoms with Gasteiger partial charge in [-0.1, -0.05) is 38.1 Å². The van der Waals surface area contributed by atoms with Crippen LogP contribution in [0.1, 0.15) is 32.8 Å². The third kappa shape index (κ3) is 1.29. The lowest BCUT2D eigenvalue weighted by Gasteiger charge is -2.41. The molecule has 0 saturated carbocycles. The molecule has 0 spiro atoms. The zero-order chi connectivity index (χ0) is 12.0. The predicted molar refractivity (Wildman–Crippen MR) is 74.1 cm³/mol. The van der Waals surface area contributed by atoms with Crippen molar-refractivity contribution < 1.29 is 0 Å². The fourth-order valence-corrected chi connectivity index (χ4v) is 3.49. The number of rotatable bonds is 2. The first-order valence-corrected chi connectivity index (χ1v) is 6.32. The maximum absolute atomic E-state index is 3.88. The first-order valence-electron chi connectivity index (χ1n) is 5.61. The van der Waals surface area contributed by atoms with Crippen molar-refractivity contribution in [3.8, 4) is 0 Å². The van der Waals surface area contributed by atoms with Gasteiger partial charge in [-0.25, -0.2) is 0 Å². The Balaban J connectivity index is 2.61. The second-order valence-corrected chi connectivity index (χ2v) is 5.90. The molecule has 0 aromatic heterocycles. The average Bonchev–Trinajstić information content (AvgIpc) is 2.40. The summed E-state index contributed by atoms with van der Waals surface area (Å²) in [6, 6.07) is 8.59. The number of halogens is 1. The van der Waals surface area contributed by atoms with Crippen molar-refractivity contribution in [3.05, 3.63) is 42.5 Å². The number of anilines is 1. The van der Waals surface area contributed by atoms with Crippen LogP contribution < -0.4 is 3.93 Å². The number of hydrogen-bond donors (Lipinski definition) is 0.